The van der Waals surface area contributed by atoms with Crippen LogP contribution in [0.2, 0.25) is 0 Å². The third-order valence-corrected chi connectivity index (χ3v) is 3.94. The predicted molar refractivity (Wildman–Crippen MR) is 102 cm³/mol. The minimum atomic E-state index is -4.67. The lowest BCUT2D eigenvalue weighted by molar-refractivity contribution is 0.0177. The summed E-state index contributed by atoms with van der Waals surface area (Å²) in [6.07, 6.45) is 17.7. The molecule has 154 valence electrons. The van der Waals surface area contributed by atoms with E-state index in [1.807, 2.05) is 0 Å². The van der Waals surface area contributed by atoms with E-state index in [0.717, 1.165) is 6.42 Å². The SMILES string of the molecule is CCCCCCCCCCCCC(CCC)OCCO.O=S(=O)(O)O. The maximum Gasteiger partial charge on any atom is 0.394 e. The fourth-order valence-corrected chi connectivity index (χ4v) is 2.71. The van der Waals surface area contributed by atoms with Crippen LogP contribution in [-0.2, 0) is 15.1 Å². The minimum absolute atomic E-state index is 0.151. The van der Waals surface area contributed by atoms with Gasteiger partial charge < -0.3 is 9.84 Å². The standard InChI is InChI=1S/C18H38O2.H2O4S/c1-3-5-6-7-8-9-10-11-12-13-15-18(14-4-2)20-17-16-19;1-5(2,3)4/h18-19H,3-17H2,1-2H3;(H2,1,2,3,4). The molecule has 0 aromatic heterocycles. The Morgan fingerprint density at radius 3 is 1.60 bits per heavy atom. The van der Waals surface area contributed by atoms with E-state index in [2.05, 4.69) is 13.8 Å². The van der Waals surface area contributed by atoms with Crippen molar-refractivity contribution in [1.29, 1.82) is 0 Å². The van der Waals surface area contributed by atoms with Gasteiger partial charge in [0, 0.05) is 0 Å². The van der Waals surface area contributed by atoms with Gasteiger partial charge in [-0.15, -0.1) is 0 Å². The summed E-state index contributed by atoms with van der Waals surface area (Å²) >= 11 is 0. The van der Waals surface area contributed by atoms with E-state index in [4.69, 9.17) is 27.4 Å². The van der Waals surface area contributed by atoms with E-state index in [1.54, 1.807) is 0 Å². The molecule has 0 saturated heterocycles. The number of ether oxygens (including phenoxy) is 1. The smallest absolute Gasteiger partial charge is 0.394 e. The zero-order valence-electron chi connectivity index (χ0n) is 16.2. The van der Waals surface area contributed by atoms with Gasteiger partial charge in [-0.25, -0.2) is 0 Å². The fourth-order valence-electron chi connectivity index (χ4n) is 2.71. The van der Waals surface area contributed by atoms with Crippen molar-refractivity contribution in [2.24, 2.45) is 0 Å². The topological polar surface area (TPSA) is 104 Å². The van der Waals surface area contributed by atoms with Crippen molar-refractivity contribution in [3.05, 3.63) is 0 Å². The average Bonchev–Trinajstić information content (AvgIpc) is 2.52. The molecule has 0 aliphatic carbocycles. The summed E-state index contributed by atoms with van der Waals surface area (Å²) in [5.74, 6) is 0. The lowest BCUT2D eigenvalue weighted by Gasteiger charge is -2.16. The number of hydrogen-bond acceptors (Lipinski definition) is 4. The van der Waals surface area contributed by atoms with E-state index < -0.39 is 10.4 Å². The van der Waals surface area contributed by atoms with Crippen molar-refractivity contribution in [2.45, 2.75) is 103 Å². The summed E-state index contributed by atoms with van der Waals surface area (Å²) in [4.78, 5) is 0. The third kappa shape index (κ3) is 32.0. The van der Waals surface area contributed by atoms with Crippen LogP contribution in [0.1, 0.15) is 97.3 Å². The van der Waals surface area contributed by atoms with Gasteiger partial charge in [0.15, 0.2) is 0 Å². The van der Waals surface area contributed by atoms with Crippen LogP contribution in [0.4, 0.5) is 0 Å². The molecular formula is C18H40O6S. The zero-order valence-corrected chi connectivity index (χ0v) is 17.0. The van der Waals surface area contributed by atoms with Crippen LogP contribution < -0.4 is 0 Å². The first-order valence-electron chi connectivity index (χ1n) is 9.77. The van der Waals surface area contributed by atoms with Gasteiger partial charge in [0.05, 0.1) is 19.3 Å². The summed E-state index contributed by atoms with van der Waals surface area (Å²) in [7, 11) is -4.67. The van der Waals surface area contributed by atoms with Crippen LogP contribution in [0.15, 0.2) is 0 Å². The van der Waals surface area contributed by atoms with Crippen LogP contribution in [0.5, 0.6) is 0 Å². The van der Waals surface area contributed by atoms with Crippen molar-refractivity contribution in [3.8, 4) is 0 Å². The van der Waals surface area contributed by atoms with Crippen LogP contribution in [-0.4, -0.2) is 41.9 Å². The number of unbranched alkanes of at least 4 members (excludes halogenated alkanes) is 9. The lowest BCUT2D eigenvalue weighted by Crippen LogP contribution is -2.15. The Kier molecular flexibility index (Phi) is 21.7. The molecule has 0 spiro atoms. The molecule has 0 aromatic rings. The number of rotatable bonds is 16. The normalized spacial score (nSPS) is 12.5. The first-order valence-corrected chi connectivity index (χ1v) is 11.2. The number of aliphatic hydroxyl groups excluding tert-OH is 1. The zero-order chi connectivity index (χ0) is 19.4. The predicted octanol–water partition coefficient (Wildman–Crippen LogP) is 4.82. The average molecular weight is 385 g/mol. The monoisotopic (exact) mass is 384 g/mol. The summed E-state index contributed by atoms with van der Waals surface area (Å²) in [5.41, 5.74) is 0. The molecule has 7 heteroatoms. The van der Waals surface area contributed by atoms with Crippen LogP contribution in [0.25, 0.3) is 0 Å². The molecule has 0 amide bonds. The Morgan fingerprint density at radius 2 is 1.20 bits per heavy atom. The molecule has 0 aliphatic heterocycles. The Labute approximate surface area is 154 Å². The maximum absolute atomic E-state index is 8.80. The first kappa shape index (κ1) is 27.0. The van der Waals surface area contributed by atoms with E-state index in [1.165, 1.54) is 77.0 Å². The molecule has 0 rings (SSSR count). The molecule has 0 fully saturated rings. The fraction of sp³-hybridized carbons (Fsp3) is 1.00. The molecule has 0 saturated carbocycles. The largest absolute Gasteiger partial charge is 0.394 e. The summed E-state index contributed by atoms with van der Waals surface area (Å²) in [6, 6.07) is 0. The van der Waals surface area contributed by atoms with E-state index >= 15 is 0 Å². The number of aliphatic hydroxyl groups is 1. The van der Waals surface area contributed by atoms with E-state index in [9.17, 15) is 0 Å². The van der Waals surface area contributed by atoms with Crippen molar-refractivity contribution in [1.82, 2.24) is 0 Å². The second-order valence-corrected chi connectivity index (χ2v) is 7.32. The molecule has 0 aliphatic rings. The van der Waals surface area contributed by atoms with E-state index in [-0.39, 0.29) is 6.61 Å². The second-order valence-electron chi connectivity index (χ2n) is 6.42. The Hall–Kier alpha value is -0.210. The summed E-state index contributed by atoms with van der Waals surface area (Å²) in [5, 5.41) is 8.80. The van der Waals surface area contributed by atoms with Gasteiger partial charge in [-0.05, 0) is 12.8 Å². The Balaban J connectivity index is 0. The highest BCUT2D eigenvalue weighted by Gasteiger charge is 2.07. The van der Waals surface area contributed by atoms with Gasteiger partial charge in [0.2, 0.25) is 0 Å². The molecular weight excluding hydrogens is 344 g/mol. The Bertz CT molecular complexity index is 337. The van der Waals surface area contributed by atoms with Crippen molar-refractivity contribution >= 4 is 10.4 Å². The molecule has 3 N–H and O–H groups in total. The van der Waals surface area contributed by atoms with Gasteiger partial charge in [-0.2, -0.15) is 8.42 Å². The van der Waals surface area contributed by atoms with Crippen molar-refractivity contribution in [2.75, 3.05) is 13.2 Å². The number of hydrogen-bond donors (Lipinski definition) is 3. The molecule has 1 atom stereocenters. The van der Waals surface area contributed by atoms with Crippen LogP contribution in [0.3, 0.4) is 0 Å². The molecule has 0 bridgehead atoms. The molecule has 6 nitrogen and oxygen atoms in total. The van der Waals surface area contributed by atoms with Crippen LogP contribution in [0, 0.1) is 0 Å². The summed E-state index contributed by atoms with van der Waals surface area (Å²) in [6.45, 7) is 5.13. The van der Waals surface area contributed by atoms with Gasteiger partial charge in [-0.1, -0.05) is 84.5 Å². The molecule has 1 unspecified atom stereocenters. The second kappa shape index (κ2) is 20.1. The van der Waals surface area contributed by atoms with Crippen molar-refractivity contribution < 1.29 is 27.4 Å². The summed E-state index contributed by atoms with van der Waals surface area (Å²) < 4.78 is 37.2. The van der Waals surface area contributed by atoms with Gasteiger partial charge >= 0.3 is 10.4 Å². The van der Waals surface area contributed by atoms with Crippen LogP contribution >= 0.6 is 0 Å². The maximum atomic E-state index is 8.80. The quantitative estimate of drug-likeness (QED) is 0.260. The molecule has 0 aromatic carbocycles. The molecule has 0 heterocycles. The van der Waals surface area contributed by atoms with Crippen molar-refractivity contribution in [3.63, 3.8) is 0 Å². The first-order chi connectivity index (χ1) is 11.8. The molecule has 0 radical (unpaired) electrons. The highest BCUT2D eigenvalue weighted by Crippen LogP contribution is 2.15. The van der Waals surface area contributed by atoms with Gasteiger partial charge in [0.1, 0.15) is 0 Å². The van der Waals surface area contributed by atoms with Gasteiger partial charge in [0.25, 0.3) is 0 Å². The highest BCUT2D eigenvalue weighted by atomic mass is 32.3. The van der Waals surface area contributed by atoms with Gasteiger partial charge in [-0.3, -0.25) is 9.11 Å². The Morgan fingerprint density at radius 1 is 0.760 bits per heavy atom. The minimum Gasteiger partial charge on any atom is -0.394 e. The van der Waals surface area contributed by atoms with E-state index in [0.29, 0.717) is 12.7 Å². The molecule has 25 heavy (non-hydrogen) atoms. The third-order valence-electron chi connectivity index (χ3n) is 3.94. The highest BCUT2D eigenvalue weighted by molar-refractivity contribution is 7.79. The lowest BCUT2D eigenvalue weighted by atomic mass is 10.0.